The lowest BCUT2D eigenvalue weighted by atomic mass is 10.1. The van der Waals surface area contributed by atoms with Gasteiger partial charge in [0.1, 0.15) is 6.04 Å². The standard InChI is InChI=1S/C14H15F3N2O3/c1-8(14(21)19-4-6-22-7-5-19)18-13(20)9-2-3-10(15)12(17)11(9)16/h2-3,8H,4-7H2,1H3,(H,18,20)/t8-/m1/s1. The van der Waals surface area contributed by atoms with E-state index in [0.717, 1.165) is 6.07 Å². The summed E-state index contributed by atoms with van der Waals surface area (Å²) >= 11 is 0. The monoisotopic (exact) mass is 316 g/mol. The van der Waals surface area contributed by atoms with Crippen molar-refractivity contribution < 1.29 is 27.5 Å². The van der Waals surface area contributed by atoms with Crippen molar-refractivity contribution in [1.29, 1.82) is 0 Å². The van der Waals surface area contributed by atoms with Gasteiger partial charge in [0.05, 0.1) is 18.8 Å². The van der Waals surface area contributed by atoms with E-state index in [-0.39, 0.29) is 5.91 Å². The Morgan fingerprint density at radius 2 is 1.82 bits per heavy atom. The molecule has 1 aromatic carbocycles. The molecule has 1 N–H and O–H groups in total. The summed E-state index contributed by atoms with van der Waals surface area (Å²) in [6.07, 6.45) is 0. The van der Waals surface area contributed by atoms with Gasteiger partial charge in [-0.3, -0.25) is 9.59 Å². The van der Waals surface area contributed by atoms with Gasteiger partial charge in [-0.2, -0.15) is 0 Å². The van der Waals surface area contributed by atoms with Crippen LogP contribution in [-0.4, -0.2) is 49.1 Å². The molecule has 1 aliphatic rings. The lowest BCUT2D eigenvalue weighted by Gasteiger charge is -2.29. The third-order valence-electron chi connectivity index (χ3n) is 3.32. The maximum atomic E-state index is 13.5. The van der Waals surface area contributed by atoms with Gasteiger partial charge in [0.2, 0.25) is 5.91 Å². The van der Waals surface area contributed by atoms with E-state index < -0.39 is 35.0 Å². The zero-order valence-corrected chi connectivity index (χ0v) is 11.9. The van der Waals surface area contributed by atoms with Crippen LogP contribution in [0.2, 0.25) is 0 Å². The van der Waals surface area contributed by atoms with Crippen molar-refractivity contribution in [3.63, 3.8) is 0 Å². The Morgan fingerprint density at radius 3 is 2.45 bits per heavy atom. The number of carbonyl (C=O) groups is 2. The first-order chi connectivity index (χ1) is 10.4. The molecule has 1 fully saturated rings. The van der Waals surface area contributed by atoms with Crippen LogP contribution in [0.25, 0.3) is 0 Å². The van der Waals surface area contributed by atoms with E-state index >= 15 is 0 Å². The molecule has 2 amide bonds. The van der Waals surface area contributed by atoms with Gasteiger partial charge >= 0.3 is 0 Å². The predicted molar refractivity (Wildman–Crippen MR) is 70.6 cm³/mol. The summed E-state index contributed by atoms with van der Waals surface area (Å²) in [5.41, 5.74) is -0.652. The molecular weight excluding hydrogens is 301 g/mol. The van der Waals surface area contributed by atoms with E-state index in [4.69, 9.17) is 4.74 Å². The first kappa shape index (κ1) is 16.3. The minimum absolute atomic E-state index is 0.348. The molecule has 0 aromatic heterocycles. The maximum absolute atomic E-state index is 13.5. The average Bonchev–Trinajstić information content (AvgIpc) is 2.52. The molecular formula is C14H15F3N2O3. The Hall–Kier alpha value is -2.09. The lowest BCUT2D eigenvalue weighted by molar-refractivity contribution is -0.136. The van der Waals surface area contributed by atoms with Crippen LogP contribution in [0.5, 0.6) is 0 Å². The Labute approximate surface area is 125 Å². The molecule has 8 heteroatoms. The Balaban J connectivity index is 2.05. The fourth-order valence-electron chi connectivity index (χ4n) is 2.09. The number of hydrogen-bond acceptors (Lipinski definition) is 3. The molecule has 0 bridgehead atoms. The summed E-state index contributed by atoms with van der Waals surface area (Å²) in [4.78, 5) is 25.5. The summed E-state index contributed by atoms with van der Waals surface area (Å²) in [6, 6.07) is 0.565. The van der Waals surface area contributed by atoms with Crippen molar-refractivity contribution in [2.24, 2.45) is 0 Å². The molecule has 0 radical (unpaired) electrons. The highest BCUT2D eigenvalue weighted by Crippen LogP contribution is 2.15. The van der Waals surface area contributed by atoms with E-state index in [9.17, 15) is 22.8 Å². The number of benzene rings is 1. The van der Waals surface area contributed by atoms with Crippen LogP contribution >= 0.6 is 0 Å². The molecule has 0 unspecified atom stereocenters. The number of morpholine rings is 1. The third kappa shape index (κ3) is 3.38. The van der Waals surface area contributed by atoms with Crippen molar-refractivity contribution in [3.05, 3.63) is 35.1 Å². The van der Waals surface area contributed by atoms with Gasteiger partial charge in [0.25, 0.3) is 5.91 Å². The Bertz CT molecular complexity index is 589. The van der Waals surface area contributed by atoms with E-state index in [1.54, 1.807) is 0 Å². The molecule has 1 aliphatic heterocycles. The van der Waals surface area contributed by atoms with Crippen molar-refractivity contribution in [1.82, 2.24) is 10.2 Å². The summed E-state index contributed by atoms with van der Waals surface area (Å²) in [6.45, 7) is 3.05. The molecule has 2 rings (SSSR count). The number of halogens is 3. The molecule has 0 aliphatic carbocycles. The fraction of sp³-hybridized carbons (Fsp3) is 0.429. The molecule has 1 heterocycles. The second-order valence-electron chi connectivity index (χ2n) is 4.86. The zero-order valence-electron chi connectivity index (χ0n) is 11.9. The quantitative estimate of drug-likeness (QED) is 0.849. The lowest BCUT2D eigenvalue weighted by Crippen LogP contribution is -2.50. The Kier molecular flexibility index (Phi) is 5.02. The van der Waals surface area contributed by atoms with Crippen LogP contribution in [0, 0.1) is 17.5 Å². The van der Waals surface area contributed by atoms with Crippen LogP contribution in [-0.2, 0) is 9.53 Å². The minimum atomic E-state index is -1.72. The summed E-state index contributed by atoms with van der Waals surface area (Å²) in [5.74, 6) is -6.01. The number of hydrogen-bond donors (Lipinski definition) is 1. The van der Waals surface area contributed by atoms with Gasteiger partial charge in [-0.25, -0.2) is 13.2 Å². The van der Waals surface area contributed by atoms with Gasteiger partial charge in [0, 0.05) is 13.1 Å². The first-order valence-electron chi connectivity index (χ1n) is 6.72. The van der Waals surface area contributed by atoms with Crippen LogP contribution in [0.3, 0.4) is 0 Å². The number of nitrogens with zero attached hydrogens (tertiary/aromatic N) is 1. The number of carbonyl (C=O) groups excluding carboxylic acids is 2. The number of nitrogens with one attached hydrogen (secondary N) is 1. The molecule has 22 heavy (non-hydrogen) atoms. The number of ether oxygens (including phenoxy) is 1. The topological polar surface area (TPSA) is 58.6 Å². The molecule has 120 valence electrons. The normalized spacial score (nSPS) is 16.3. The van der Waals surface area contributed by atoms with Crippen LogP contribution < -0.4 is 5.32 Å². The van der Waals surface area contributed by atoms with Crippen molar-refractivity contribution in [2.45, 2.75) is 13.0 Å². The summed E-state index contributed by atoms with van der Waals surface area (Å²) in [5, 5.41) is 2.28. The van der Waals surface area contributed by atoms with Gasteiger partial charge in [0.15, 0.2) is 17.5 Å². The molecule has 0 saturated carbocycles. The maximum Gasteiger partial charge on any atom is 0.255 e. The van der Waals surface area contributed by atoms with Gasteiger partial charge < -0.3 is 15.0 Å². The predicted octanol–water partition coefficient (Wildman–Crippen LogP) is 1.08. The van der Waals surface area contributed by atoms with Gasteiger partial charge in [-0.1, -0.05) is 0 Å². The minimum Gasteiger partial charge on any atom is -0.378 e. The van der Waals surface area contributed by atoms with E-state index in [1.807, 2.05) is 0 Å². The fourth-order valence-corrected chi connectivity index (χ4v) is 2.09. The van der Waals surface area contributed by atoms with Gasteiger partial charge in [-0.05, 0) is 19.1 Å². The Morgan fingerprint density at radius 1 is 1.18 bits per heavy atom. The van der Waals surface area contributed by atoms with Gasteiger partial charge in [-0.15, -0.1) is 0 Å². The second kappa shape index (κ2) is 6.78. The van der Waals surface area contributed by atoms with E-state index in [0.29, 0.717) is 32.4 Å². The van der Waals surface area contributed by atoms with Crippen molar-refractivity contribution in [3.8, 4) is 0 Å². The molecule has 1 atom stereocenters. The smallest absolute Gasteiger partial charge is 0.255 e. The van der Waals surface area contributed by atoms with E-state index in [1.165, 1.54) is 11.8 Å². The largest absolute Gasteiger partial charge is 0.378 e. The molecule has 1 aromatic rings. The van der Waals surface area contributed by atoms with Crippen LogP contribution in [0.1, 0.15) is 17.3 Å². The van der Waals surface area contributed by atoms with Crippen molar-refractivity contribution in [2.75, 3.05) is 26.3 Å². The highest BCUT2D eigenvalue weighted by Gasteiger charge is 2.26. The number of rotatable bonds is 3. The zero-order chi connectivity index (χ0) is 16.3. The highest BCUT2D eigenvalue weighted by molar-refractivity contribution is 5.97. The van der Waals surface area contributed by atoms with Crippen LogP contribution in [0.15, 0.2) is 12.1 Å². The third-order valence-corrected chi connectivity index (χ3v) is 3.32. The SMILES string of the molecule is C[C@@H](NC(=O)c1ccc(F)c(F)c1F)C(=O)N1CCOCC1. The first-order valence-corrected chi connectivity index (χ1v) is 6.72. The molecule has 5 nitrogen and oxygen atoms in total. The van der Waals surface area contributed by atoms with E-state index in [2.05, 4.69) is 5.32 Å². The average molecular weight is 316 g/mol. The molecule has 0 spiro atoms. The second-order valence-corrected chi connectivity index (χ2v) is 4.86. The number of amides is 2. The summed E-state index contributed by atoms with van der Waals surface area (Å²) < 4.78 is 44.6. The molecule has 1 saturated heterocycles. The van der Waals surface area contributed by atoms with Crippen molar-refractivity contribution >= 4 is 11.8 Å². The summed E-state index contributed by atoms with van der Waals surface area (Å²) in [7, 11) is 0. The highest BCUT2D eigenvalue weighted by atomic mass is 19.2. The van der Waals surface area contributed by atoms with Crippen LogP contribution in [0.4, 0.5) is 13.2 Å².